The van der Waals surface area contributed by atoms with Crippen molar-refractivity contribution in [2.45, 2.75) is 0 Å². The summed E-state index contributed by atoms with van der Waals surface area (Å²) in [5.74, 6) is 1.71. The summed E-state index contributed by atoms with van der Waals surface area (Å²) in [6.07, 6.45) is 3.75. The Morgan fingerprint density at radius 2 is 1.57 bits per heavy atom. The van der Waals surface area contributed by atoms with Crippen LogP contribution in [0.2, 0.25) is 0 Å². The summed E-state index contributed by atoms with van der Waals surface area (Å²) in [6, 6.07) is 12.1. The molecule has 104 valence electrons. The second kappa shape index (κ2) is 4.38. The maximum Gasteiger partial charge on any atom is 0.137 e. The topological polar surface area (TPSA) is 35.8 Å². The largest absolute Gasteiger partial charge is 0.495 e. The summed E-state index contributed by atoms with van der Waals surface area (Å²) in [5.41, 5.74) is 1.01. The van der Waals surface area contributed by atoms with Crippen LogP contribution in [-0.2, 0) is 0 Å². The Balaban J connectivity index is 2.36. The van der Waals surface area contributed by atoms with E-state index in [4.69, 9.17) is 9.47 Å². The van der Waals surface area contributed by atoms with Gasteiger partial charge < -0.3 is 9.47 Å². The van der Waals surface area contributed by atoms with Gasteiger partial charge in [-0.15, -0.1) is 0 Å². The molecule has 0 bridgehead atoms. The van der Waals surface area contributed by atoms with Crippen LogP contribution in [0.4, 0.5) is 0 Å². The van der Waals surface area contributed by atoms with Crippen molar-refractivity contribution in [1.82, 2.24) is 9.61 Å². The lowest BCUT2D eigenvalue weighted by atomic mass is 10.0. The number of aromatic nitrogens is 2. The van der Waals surface area contributed by atoms with Gasteiger partial charge in [-0.2, -0.15) is 5.10 Å². The van der Waals surface area contributed by atoms with Crippen LogP contribution in [0.3, 0.4) is 0 Å². The van der Waals surface area contributed by atoms with Crippen molar-refractivity contribution in [1.29, 1.82) is 0 Å². The molecule has 0 aliphatic heterocycles. The van der Waals surface area contributed by atoms with Gasteiger partial charge in [0, 0.05) is 28.6 Å². The normalized spacial score (nSPS) is 11.3. The first-order chi connectivity index (χ1) is 10.3. The zero-order valence-corrected chi connectivity index (χ0v) is 11.8. The quantitative estimate of drug-likeness (QED) is 0.561. The number of rotatable bonds is 2. The molecule has 0 aliphatic carbocycles. The highest BCUT2D eigenvalue weighted by Crippen LogP contribution is 2.44. The van der Waals surface area contributed by atoms with Crippen LogP contribution in [-0.4, -0.2) is 23.8 Å². The Kier molecular flexibility index (Phi) is 2.51. The molecule has 0 spiro atoms. The highest BCUT2D eigenvalue weighted by molar-refractivity contribution is 6.16. The molecule has 0 saturated carbocycles. The molecule has 0 saturated heterocycles. The Morgan fingerprint density at radius 3 is 2.29 bits per heavy atom. The van der Waals surface area contributed by atoms with Gasteiger partial charge in [0.25, 0.3) is 0 Å². The van der Waals surface area contributed by atoms with Crippen LogP contribution in [0, 0.1) is 0 Å². The van der Waals surface area contributed by atoms with Crippen LogP contribution in [0.1, 0.15) is 0 Å². The lowest BCUT2D eigenvalue weighted by Gasteiger charge is -2.12. The standard InChI is InChI=1S/C17H14N2O2/c1-20-16-11-6-3-4-7-12(11)17(21-2)15-13(16)10-19-14(15)8-5-9-18-19/h3-10H,1-2H3. The van der Waals surface area contributed by atoms with Gasteiger partial charge in [0.2, 0.25) is 0 Å². The van der Waals surface area contributed by atoms with Crippen LogP contribution in [0.15, 0.2) is 48.8 Å². The number of hydrogen-bond acceptors (Lipinski definition) is 3. The Labute approximate surface area is 121 Å². The summed E-state index contributed by atoms with van der Waals surface area (Å²) >= 11 is 0. The van der Waals surface area contributed by atoms with E-state index in [0.717, 1.165) is 38.6 Å². The molecule has 2 aromatic carbocycles. The average Bonchev–Trinajstić information content (AvgIpc) is 2.91. The first-order valence-corrected chi connectivity index (χ1v) is 6.74. The summed E-state index contributed by atoms with van der Waals surface area (Å²) < 4.78 is 13.2. The van der Waals surface area contributed by atoms with Crippen molar-refractivity contribution in [2.75, 3.05) is 14.2 Å². The van der Waals surface area contributed by atoms with Crippen molar-refractivity contribution in [3.8, 4) is 11.5 Å². The lowest BCUT2D eigenvalue weighted by Crippen LogP contribution is -1.91. The van der Waals surface area contributed by atoms with E-state index in [1.165, 1.54) is 0 Å². The van der Waals surface area contributed by atoms with Gasteiger partial charge in [0.15, 0.2) is 0 Å². The average molecular weight is 278 g/mol. The van der Waals surface area contributed by atoms with E-state index in [1.807, 2.05) is 41.0 Å². The number of methoxy groups -OCH3 is 2. The highest BCUT2D eigenvalue weighted by Gasteiger charge is 2.18. The van der Waals surface area contributed by atoms with E-state index < -0.39 is 0 Å². The fraction of sp³-hybridized carbons (Fsp3) is 0.118. The van der Waals surface area contributed by atoms with Gasteiger partial charge >= 0.3 is 0 Å². The number of benzene rings is 2. The summed E-state index contributed by atoms with van der Waals surface area (Å²) in [6.45, 7) is 0. The molecule has 0 aliphatic rings. The van der Waals surface area contributed by atoms with Crippen molar-refractivity contribution < 1.29 is 9.47 Å². The summed E-state index contributed by atoms with van der Waals surface area (Å²) in [5, 5.41) is 8.49. The highest BCUT2D eigenvalue weighted by atomic mass is 16.5. The van der Waals surface area contributed by atoms with E-state index in [9.17, 15) is 0 Å². The molecule has 4 heteroatoms. The molecule has 0 radical (unpaired) electrons. The van der Waals surface area contributed by atoms with Crippen LogP contribution < -0.4 is 9.47 Å². The minimum Gasteiger partial charge on any atom is -0.495 e. The van der Waals surface area contributed by atoms with Crippen LogP contribution in [0.25, 0.3) is 27.1 Å². The molecule has 4 aromatic rings. The number of nitrogens with zero attached hydrogens (tertiary/aromatic N) is 2. The number of fused-ring (bicyclic) bond motifs is 4. The zero-order valence-electron chi connectivity index (χ0n) is 11.8. The monoisotopic (exact) mass is 278 g/mol. The molecular formula is C17H14N2O2. The molecule has 0 amide bonds. The third-order valence-corrected chi connectivity index (χ3v) is 3.85. The van der Waals surface area contributed by atoms with E-state index in [2.05, 4.69) is 11.2 Å². The van der Waals surface area contributed by atoms with Gasteiger partial charge in [-0.05, 0) is 12.1 Å². The minimum absolute atomic E-state index is 0.854. The Morgan fingerprint density at radius 1 is 0.857 bits per heavy atom. The maximum absolute atomic E-state index is 5.71. The summed E-state index contributed by atoms with van der Waals surface area (Å²) in [4.78, 5) is 0. The van der Waals surface area contributed by atoms with Gasteiger partial charge in [0.1, 0.15) is 11.5 Å². The predicted octanol–water partition coefficient (Wildman–Crippen LogP) is 3.66. The molecule has 0 unspecified atom stereocenters. The van der Waals surface area contributed by atoms with Gasteiger partial charge in [-0.25, -0.2) is 4.52 Å². The molecule has 21 heavy (non-hydrogen) atoms. The third-order valence-electron chi connectivity index (χ3n) is 3.85. The van der Waals surface area contributed by atoms with Crippen molar-refractivity contribution >= 4 is 27.1 Å². The minimum atomic E-state index is 0.854. The van der Waals surface area contributed by atoms with Gasteiger partial charge in [-0.3, -0.25) is 0 Å². The van der Waals surface area contributed by atoms with Crippen LogP contribution >= 0.6 is 0 Å². The van der Waals surface area contributed by atoms with Crippen molar-refractivity contribution in [2.24, 2.45) is 0 Å². The molecule has 0 fully saturated rings. The van der Waals surface area contributed by atoms with Gasteiger partial charge in [-0.1, -0.05) is 24.3 Å². The molecule has 0 atom stereocenters. The Hall–Kier alpha value is -2.75. The SMILES string of the molecule is COc1c2ccccc2c(OC)c2c1cn1ncccc21. The Bertz CT molecular complexity index is 973. The maximum atomic E-state index is 5.71. The van der Waals surface area contributed by atoms with Crippen molar-refractivity contribution in [3.63, 3.8) is 0 Å². The first-order valence-electron chi connectivity index (χ1n) is 6.74. The molecule has 4 rings (SSSR count). The van der Waals surface area contributed by atoms with Gasteiger partial charge in [0.05, 0.1) is 25.1 Å². The van der Waals surface area contributed by atoms with E-state index >= 15 is 0 Å². The molecule has 2 aromatic heterocycles. The molecule has 2 heterocycles. The number of ether oxygens (including phenoxy) is 2. The predicted molar refractivity (Wildman–Crippen MR) is 83.3 cm³/mol. The third kappa shape index (κ3) is 1.53. The second-order valence-electron chi connectivity index (χ2n) is 4.88. The first kappa shape index (κ1) is 12.0. The fourth-order valence-corrected chi connectivity index (χ4v) is 3.01. The van der Waals surface area contributed by atoms with Crippen LogP contribution in [0.5, 0.6) is 11.5 Å². The van der Waals surface area contributed by atoms with E-state index in [-0.39, 0.29) is 0 Å². The zero-order chi connectivity index (χ0) is 14.4. The fourth-order valence-electron chi connectivity index (χ4n) is 3.01. The smallest absolute Gasteiger partial charge is 0.137 e. The molecule has 4 nitrogen and oxygen atoms in total. The number of hydrogen-bond donors (Lipinski definition) is 0. The molecular weight excluding hydrogens is 264 g/mol. The van der Waals surface area contributed by atoms with Crippen molar-refractivity contribution in [3.05, 3.63) is 48.8 Å². The lowest BCUT2D eigenvalue weighted by molar-refractivity contribution is 0.418. The van der Waals surface area contributed by atoms with E-state index in [1.54, 1.807) is 20.4 Å². The van der Waals surface area contributed by atoms with E-state index in [0.29, 0.717) is 0 Å². The second-order valence-corrected chi connectivity index (χ2v) is 4.88. The summed E-state index contributed by atoms with van der Waals surface area (Å²) in [7, 11) is 3.40. The molecule has 0 N–H and O–H groups in total.